The fraction of sp³-hybridized carbons (Fsp3) is 0. The first kappa shape index (κ1) is 15.3. The second-order valence-corrected chi connectivity index (χ2v) is 6.36. The zero-order chi connectivity index (χ0) is 18.4. The predicted octanol–water partition coefficient (Wildman–Crippen LogP) is 5.46. The lowest BCUT2D eigenvalue weighted by atomic mass is 10.1. The largest absolute Gasteiger partial charge is 0.360 e. The SMILES string of the molecule is O=[N+]([O-])c1ccc(N=Cc2c[nH]c3ccc4[nH]c5ccccc5c4c23)cc1. The first-order chi connectivity index (χ1) is 13.2. The van der Waals surface area contributed by atoms with Crippen molar-refractivity contribution < 1.29 is 4.92 Å². The van der Waals surface area contributed by atoms with E-state index < -0.39 is 4.92 Å². The number of nitro groups is 1. The summed E-state index contributed by atoms with van der Waals surface area (Å²) in [6, 6.07) is 18.6. The van der Waals surface area contributed by atoms with Crippen LogP contribution >= 0.6 is 0 Å². The molecule has 2 N–H and O–H groups in total. The van der Waals surface area contributed by atoms with Gasteiger partial charge in [0.2, 0.25) is 0 Å². The molecule has 27 heavy (non-hydrogen) atoms. The number of hydrogen-bond donors (Lipinski definition) is 2. The van der Waals surface area contributed by atoms with Crippen molar-refractivity contribution in [3.05, 3.63) is 82.5 Å². The van der Waals surface area contributed by atoms with E-state index in [1.807, 2.05) is 18.3 Å². The Kier molecular flexibility index (Phi) is 3.30. The lowest BCUT2D eigenvalue weighted by molar-refractivity contribution is -0.384. The van der Waals surface area contributed by atoms with E-state index in [0.29, 0.717) is 5.69 Å². The van der Waals surface area contributed by atoms with E-state index in [1.165, 1.54) is 17.5 Å². The maximum atomic E-state index is 10.8. The minimum Gasteiger partial charge on any atom is -0.360 e. The molecule has 0 amide bonds. The van der Waals surface area contributed by atoms with Gasteiger partial charge in [-0.05, 0) is 30.3 Å². The first-order valence-corrected chi connectivity index (χ1v) is 8.50. The molecule has 0 bridgehead atoms. The van der Waals surface area contributed by atoms with Crippen molar-refractivity contribution in [1.29, 1.82) is 0 Å². The third kappa shape index (κ3) is 2.46. The number of aromatic amines is 2. The number of aromatic nitrogens is 2. The van der Waals surface area contributed by atoms with Crippen molar-refractivity contribution in [3.8, 4) is 0 Å². The van der Waals surface area contributed by atoms with Crippen LogP contribution in [-0.4, -0.2) is 21.1 Å². The highest BCUT2D eigenvalue weighted by Gasteiger charge is 2.11. The van der Waals surface area contributed by atoms with E-state index in [2.05, 4.69) is 39.2 Å². The van der Waals surface area contributed by atoms with Crippen molar-refractivity contribution in [2.45, 2.75) is 0 Å². The number of nitrogens with one attached hydrogen (secondary N) is 2. The molecule has 0 spiro atoms. The van der Waals surface area contributed by atoms with Crippen molar-refractivity contribution in [1.82, 2.24) is 9.97 Å². The number of nitro benzene ring substituents is 1. The number of benzene rings is 3. The van der Waals surface area contributed by atoms with E-state index in [-0.39, 0.29) is 5.69 Å². The van der Waals surface area contributed by atoms with E-state index in [1.54, 1.807) is 18.3 Å². The monoisotopic (exact) mass is 354 g/mol. The predicted molar refractivity (Wildman–Crippen MR) is 108 cm³/mol. The van der Waals surface area contributed by atoms with Crippen molar-refractivity contribution >= 4 is 50.3 Å². The molecular formula is C21H14N4O2. The number of fused-ring (bicyclic) bond motifs is 5. The van der Waals surface area contributed by atoms with Gasteiger partial charge in [-0.15, -0.1) is 0 Å². The number of aliphatic imine (C=N–C) groups is 1. The second-order valence-electron chi connectivity index (χ2n) is 6.36. The van der Waals surface area contributed by atoms with Crippen LogP contribution in [0.4, 0.5) is 11.4 Å². The van der Waals surface area contributed by atoms with Crippen molar-refractivity contribution in [2.75, 3.05) is 0 Å². The smallest absolute Gasteiger partial charge is 0.269 e. The molecule has 6 heteroatoms. The van der Waals surface area contributed by atoms with Crippen LogP contribution < -0.4 is 0 Å². The summed E-state index contributed by atoms with van der Waals surface area (Å²) in [6.45, 7) is 0. The molecule has 5 aromatic rings. The second kappa shape index (κ2) is 5.81. The Bertz CT molecular complexity index is 1340. The van der Waals surface area contributed by atoms with Gasteiger partial charge in [-0.2, -0.15) is 0 Å². The van der Waals surface area contributed by atoms with Crippen LogP contribution in [0.15, 0.2) is 71.9 Å². The molecule has 0 radical (unpaired) electrons. The highest BCUT2D eigenvalue weighted by Crippen LogP contribution is 2.33. The standard InChI is InChI=1S/C21H14N4O2/c26-25(27)15-7-5-14(6-8-15)22-11-13-12-23-18-9-10-19-21(20(13)18)16-3-1-2-4-17(16)24-19/h1-12,23-24H. The average molecular weight is 354 g/mol. The Morgan fingerprint density at radius 2 is 1.67 bits per heavy atom. The number of nitrogens with zero attached hydrogens (tertiary/aromatic N) is 2. The summed E-state index contributed by atoms with van der Waals surface area (Å²) in [5.41, 5.74) is 4.91. The molecule has 130 valence electrons. The zero-order valence-corrected chi connectivity index (χ0v) is 14.1. The van der Waals surface area contributed by atoms with E-state index >= 15 is 0 Å². The van der Waals surface area contributed by atoms with E-state index in [0.717, 1.165) is 32.9 Å². The molecule has 6 nitrogen and oxygen atoms in total. The van der Waals surface area contributed by atoms with Gasteiger partial charge in [0.05, 0.1) is 10.6 Å². The van der Waals surface area contributed by atoms with Crippen LogP contribution in [0.1, 0.15) is 5.56 Å². The molecular weight excluding hydrogens is 340 g/mol. The Balaban J connectivity index is 1.66. The van der Waals surface area contributed by atoms with Gasteiger partial charge in [-0.3, -0.25) is 15.1 Å². The molecule has 0 fully saturated rings. The average Bonchev–Trinajstić information content (AvgIpc) is 3.27. The molecule has 0 aliphatic rings. The summed E-state index contributed by atoms with van der Waals surface area (Å²) < 4.78 is 0. The van der Waals surface area contributed by atoms with Gasteiger partial charge in [-0.25, -0.2) is 0 Å². The summed E-state index contributed by atoms with van der Waals surface area (Å²) in [4.78, 5) is 21.6. The zero-order valence-electron chi connectivity index (χ0n) is 14.1. The number of hydrogen-bond acceptors (Lipinski definition) is 3. The van der Waals surface area contributed by atoms with Gasteiger partial charge >= 0.3 is 0 Å². The molecule has 0 aliphatic heterocycles. The van der Waals surface area contributed by atoms with Gasteiger partial charge in [0.25, 0.3) is 5.69 Å². The summed E-state index contributed by atoms with van der Waals surface area (Å²) >= 11 is 0. The van der Waals surface area contributed by atoms with Crippen LogP contribution in [0, 0.1) is 10.1 Å². The Morgan fingerprint density at radius 1 is 0.889 bits per heavy atom. The normalized spacial score (nSPS) is 11.9. The van der Waals surface area contributed by atoms with Crippen LogP contribution in [0.3, 0.4) is 0 Å². The lowest BCUT2D eigenvalue weighted by Crippen LogP contribution is -1.85. The Labute approximate surface area is 153 Å². The summed E-state index contributed by atoms with van der Waals surface area (Å²) in [5, 5.41) is 14.2. The number of para-hydroxylation sites is 1. The number of H-pyrrole nitrogens is 2. The van der Waals surface area contributed by atoms with Gasteiger partial charge in [0.15, 0.2) is 0 Å². The molecule has 2 aromatic heterocycles. The molecule has 0 saturated carbocycles. The van der Waals surface area contributed by atoms with E-state index in [9.17, 15) is 10.1 Å². The summed E-state index contributed by atoms with van der Waals surface area (Å²) in [6.07, 6.45) is 3.72. The molecule has 0 unspecified atom stereocenters. The van der Waals surface area contributed by atoms with Gasteiger partial charge in [0, 0.05) is 62.8 Å². The molecule has 0 atom stereocenters. The van der Waals surface area contributed by atoms with Gasteiger partial charge < -0.3 is 9.97 Å². The topological polar surface area (TPSA) is 87.1 Å². The maximum Gasteiger partial charge on any atom is 0.269 e. The summed E-state index contributed by atoms with van der Waals surface area (Å²) in [7, 11) is 0. The fourth-order valence-electron chi connectivity index (χ4n) is 3.50. The third-order valence-electron chi connectivity index (χ3n) is 4.76. The van der Waals surface area contributed by atoms with Gasteiger partial charge in [0.1, 0.15) is 0 Å². The fourth-order valence-corrected chi connectivity index (χ4v) is 3.50. The van der Waals surface area contributed by atoms with Crippen LogP contribution in [-0.2, 0) is 0 Å². The van der Waals surface area contributed by atoms with Crippen molar-refractivity contribution in [3.63, 3.8) is 0 Å². The highest BCUT2D eigenvalue weighted by atomic mass is 16.6. The minimum absolute atomic E-state index is 0.0570. The Morgan fingerprint density at radius 3 is 2.48 bits per heavy atom. The lowest BCUT2D eigenvalue weighted by Gasteiger charge is -1.98. The quantitative estimate of drug-likeness (QED) is 0.256. The molecule has 0 saturated heterocycles. The number of rotatable bonds is 3. The third-order valence-corrected chi connectivity index (χ3v) is 4.76. The molecule has 5 rings (SSSR count). The highest BCUT2D eigenvalue weighted by molar-refractivity contribution is 6.23. The van der Waals surface area contributed by atoms with E-state index in [4.69, 9.17) is 0 Å². The van der Waals surface area contributed by atoms with Gasteiger partial charge in [-0.1, -0.05) is 18.2 Å². The maximum absolute atomic E-state index is 10.8. The van der Waals surface area contributed by atoms with Crippen LogP contribution in [0.5, 0.6) is 0 Å². The molecule has 3 aromatic carbocycles. The first-order valence-electron chi connectivity index (χ1n) is 8.50. The van der Waals surface area contributed by atoms with Crippen molar-refractivity contribution in [2.24, 2.45) is 4.99 Å². The summed E-state index contributed by atoms with van der Waals surface area (Å²) in [5.74, 6) is 0. The molecule has 0 aliphatic carbocycles. The molecule has 2 heterocycles. The van der Waals surface area contributed by atoms with Crippen LogP contribution in [0.2, 0.25) is 0 Å². The van der Waals surface area contributed by atoms with Crippen LogP contribution in [0.25, 0.3) is 32.7 Å². The minimum atomic E-state index is -0.416. The number of non-ortho nitro benzene ring substituents is 1. The Hall–Kier alpha value is -3.93.